The van der Waals surface area contributed by atoms with Crippen LogP contribution in [0.15, 0.2) is 48.7 Å². The molecule has 0 saturated carbocycles. The Morgan fingerprint density at radius 1 is 1.09 bits per heavy atom. The summed E-state index contributed by atoms with van der Waals surface area (Å²) in [5.41, 5.74) is 11.6. The number of nitrogens with two attached hydrogens (primary N) is 1. The molecule has 0 spiro atoms. The second kappa shape index (κ2) is 9.42. The average molecular weight is 473 g/mol. The molecule has 0 unspecified atom stereocenters. The molecule has 0 radical (unpaired) electrons. The Balaban J connectivity index is 1.40. The quantitative estimate of drug-likeness (QED) is 0.408. The fourth-order valence-electron chi connectivity index (χ4n) is 4.79. The van der Waals surface area contributed by atoms with Crippen molar-refractivity contribution < 1.29 is 4.74 Å². The van der Waals surface area contributed by atoms with Crippen LogP contribution in [0.2, 0.25) is 0 Å². The molecule has 1 fully saturated rings. The van der Waals surface area contributed by atoms with E-state index >= 15 is 0 Å². The number of fused-ring (bicyclic) bond motifs is 1. The van der Waals surface area contributed by atoms with E-state index in [2.05, 4.69) is 34.2 Å². The second-order valence-electron chi connectivity index (χ2n) is 9.17. The topological polar surface area (TPSA) is 97.4 Å². The van der Waals surface area contributed by atoms with Gasteiger partial charge in [-0.2, -0.15) is 0 Å². The zero-order valence-corrected chi connectivity index (χ0v) is 20.7. The van der Waals surface area contributed by atoms with Gasteiger partial charge in [0.1, 0.15) is 11.4 Å². The lowest BCUT2D eigenvalue weighted by Crippen LogP contribution is -2.42. The highest BCUT2D eigenvalue weighted by Gasteiger charge is 2.23. The fraction of sp³-hybridized carbons (Fsp3) is 0.346. The number of nitrogens with zero attached hydrogens (tertiary/aromatic N) is 6. The molecule has 3 N–H and O–H groups in total. The monoisotopic (exact) mass is 472 g/mol. The lowest BCUT2D eigenvalue weighted by atomic mass is 10.0. The number of imidazole rings is 1. The number of nitrogens with one attached hydrogen (secondary N) is 1. The number of hydrogen-bond donors (Lipinski definition) is 2. The molecule has 3 heterocycles. The first kappa shape index (κ1) is 22.9. The third kappa shape index (κ3) is 4.46. The van der Waals surface area contributed by atoms with E-state index in [1.807, 2.05) is 54.1 Å². The van der Waals surface area contributed by atoms with E-state index in [1.165, 1.54) is 0 Å². The molecule has 1 aliphatic heterocycles. The Kier molecular flexibility index (Phi) is 6.17. The number of ether oxygens (including phenoxy) is 1. The summed E-state index contributed by atoms with van der Waals surface area (Å²) in [6, 6.07) is 14.4. The van der Waals surface area contributed by atoms with Gasteiger partial charge in [-0.15, -0.1) is 0 Å². The number of piperidine rings is 1. The molecule has 4 aromatic rings. The molecule has 1 saturated heterocycles. The number of methoxy groups -OCH3 is 1. The van der Waals surface area contributed by atoms with E-state index < -0.39 is 0 Å². The molecule has 1 aliphatic rings. The molecular formula is C26H32N8O. The Bertz CT molecular complexity index is 1340. The van der Waals surface area contributed by atoms with Crippen LogP contribution in [0, 0.1) is 0 Å². The number of para-hydroxylation sites is 2. The Morgan fingerprint density at radius 3 is 2.57 bits per heavy atom. The normalized spacial score (nSPS) is 14.6. The first-order chi connectivity index (χ1) is 16.9. The summed E-state index contributed by atoms with van der Waals surface area (Å²) in [6.07, 6.45) is 3.94. The maximum Gasteiger partial charge on any atom is 0.227 e. The summed E-state index contributed by atoms with van der Waals surface area (Å²) in [5, 5.41) is 3.29. The zero-order valence-electron chi connectivity index (χ0n) is 20.7. The van der Waals surface area contributed by atoms with Gasteiger partial charge in [-0.05, 0) is 51.2 Å². The maximum atomic E-state index is 6.51. The van der Waals surface area contributed by atoms with Crippen molar-refractivity contribution in [1.82, 2.24) is 24.4 Å². The molecule has 9 heteroatoms. The third-order valence-electron chi connectivity index (χ3n) is 6.80. The Morgan fingerprint density at radius 2 is 1.86 bits per heavy atom. The molecule has 2 aromatic heterocycles. The minimum atomic E-state index is 0.451. The fourth-order valence-corrected chi connectivity index (χ4v) is 4.79. The van der Waals surface area contributed by atoms with Crippen molar-refractivity contribution in [3.8, 4) is 17.3 Å². The summed E-state index contributed by atoms with van der Waals surface area (Å²) in [5.74, 6) is 1.92. The predicted molar refractivity (Wildman–Crippen MR) is 141 cm³/mol. The van der Waals surface area contributed by atoms with Gasteiger partial charge in [-0.3, -0.25) is 0 Å². The minimum Gasteiger partial charge on any atom is -0.494 e. The molecule has 0 bridgehead atoms. The van der Waals surface area contributed by atoms with Gasteiger partial charge >= 0.3 is 0 Å². The largest absolute Gasteiger partial charge is 0.494 e. The van der Waals surface area contributed by atoms with Crippen LogP contribution in [0.1, 0.15) is 12.8 Å². The number of aryl methyl sites for hydroxylation is 1. The van der Waals surface area contributed by atoms with E-state index in [-0.39, 0.29) is 0 Å². The van der Waals surface area contributed by atoms with Crippen LogP contribution >= 0.6 is 0 Å². The van der Waals surface area contributed by atoms with Crippen molar-refractivity contribution in [3.05, 3.63) is 48.7 Å². The molecule has 0 amide bonds. The molecule has 2 aromatic carbocycles. The summed E-state index contributed by atoms with van der Waals surface area (Å²) >= 11 is 0. The number of hydrogen-bond acceptors (Lipinski definition) is 8. The van der Waals surface area contributed by atoms with Gasteiger partial charge in [0.15, 0.2) is 5.82 Å². The molecule has 5 rings (SSSR count). The van der Waals surface area contributed by atoms with E-state index in [0.717, 1.165) is 59.9 Å². The summed E-state index contributed by atoms with van der Waals surface area (Å²) in [7, 11) is 7.94. The second-order valence-corrected chi connectivity index (χ2v) is 9.17. The molecule has 35 heavy (non-hydrogen) atoms. The van der Waals surface area contributed by atoms with Crippen LogP contribution < -0.4 is 20.7 Å². The molecule has 182 valence electrons. The van der Waals surface area contributed by atoms with Crippen LogP contribution in [0.5, 0.6) is 5.75 Å². The highest BCUT2D eigenvalue weighted by atomic mass is 16.5. The van der Waals surface area contributed by atoms with Gasteiger partial charge in [0.05, 0.1) is 35.2 Å². The van der Waals surface area contributed by atoms with Crippen molar-refractivity contribution in [2.75, 3.05) is 50.2 Å². The lowest BCUT2D eigenvalue weighted by molar-refractivity contribution is 0.249. The average Bonchev–Trinajstić information content (AvgIpc) is 3.21. The highest BCUT2D eigenvalue weighted by Crippen LogP contribution is 2.38. The van der Waals surface area contributed by atoms with Crippen LogP contribution in [0.25, 0.3) is 22.6 Å². The van der Waals surface area contributed by atoms with Gasteiger partial charge in [0.25, 0.3) is 0 Å². The van der Waals surface area contributed by atoms with Gasteiger partial charge in [-0.25, -0.2) is 15.0 Å². The smallest absolute Gasteiger partial charge is 0.227 e. The van der Waals surface area contributed by atoms with Crippen molar-refractivity contribution in [2.24, 2.45) is 7.05 Å². The number of nitrogen functional groups attached to an aromatic ring is 1. The van der Waals surface area contributed by atoms with Crippen LogP contribution in [-0.2, 0) is 7.05 Å². The van der Waals surface area contributed by atoms with Crippen LogP contribution in [0.4, 0.5) is 23.0 Å². The molecular weight excluding hydrogens is 440 g/mol. The predicted octanol–water partition coefficient (Wildman–Crippen LogP) is 3.90. The third-order valence-corrected chi connectivity index (χ3v) is 6.80. The number of aromatic nitrogens is 4. The maximum absolute atomic E-state index is 6.51. The van der Waals surface area contributed by atoms with E-state index in [4.69, 9.17) is 20.4 Å². The minimum absolute atomic E-state index is 0.451. The van der Waals surface area contributed by atoms with Crippen LogP contribution in [0.3, 0.4) is 0 Å². The summed E-state index contributed by atoms with van der Waals surface area (Å²) < 4.78 is 7.75. The number of rotatable bonds is 6. The Labute approximate surface area is 205 Å². The van der Waals surface area contributed by atoms with Gasteiger partial charge < -0.3 is 30.2 Å². The highest BCUT2D eigenvalue weighted by molar-refractivity contribution is 5.81. The van der Waals surface area contributed by atoms with E-state index in [0.29, 0.717) is 23.4 Å². The molecule has 0 aliphatic carbocycles. The van der Waals surface area contributed by atoms with Crippen molar-refractivity contribution >= 4 is 34.0 Å². The molecule has 0 atom stereocenters. The van der Waals surface area contributed by atoms with E-state index in [9.17, 15) is 0 Å². The van der Waals surface area contributed by atoms with Gasteiger partial charge in [-0.1, -0.05) is 12.1 Å². The number of anilines is 4. The first-order valence-electron chi connectivity index (χ1n) is 11.9. The lowest BCUT2D eigenvalue weighted by Gasteiger charge is -2.37. The molecule has 9 nitrogen and oxygen atoms in total. The standard InChI is InChI=1S/C26H32N8O/c1-32(2)17-10-13-34(14-11-17)23-16-24(35-4)21(15-18(23)27)31-26-28-12-9-20(30-26)25-29-19-7-5-6-8-22(19)33(25)3/h5-9,12,15-17H,10-11,13-14,27H2,1-4H3,(H,28,30,31). The van der Waals surface area contributed by atoms with Gasteiger partial charge in [0, 0.05) is 38.4 Å². The zero-order chi connectivity index (χ0) is 24.5. The Hall–Kier alpha value is -3.85. The van der Waals surface area contributed by atoms with Crippen molar-refractivity contribution in [2.45, 2.75) is 18.9 Å². The van der Waals surface area contributed by atoms with Gasteiger partial charge in [0.2, 0.25) is 5.95 Å². The number of benzene rings is 2. The summed E-state index contributed by atoms with van der Waals surface area (Å²) in [6.45, 7) is 1.93. The first-order valence-corrected chi connectivity index (χ1v) is 11.9. The van der Waals surface area contributed by atoms with Crippen molar-refractivity contribution in [1.29, 1.82) is 0 Å². The summed E-state index contributed by atoms with van der Waals surface area (Å²) in [4.78, 5) is 18.5. The SMILES string of the molecule is COc1cc(N2CCC(N(C)C)CC2)c(N)cc1Nc1nccc(-c2nc3ccccc3n2C)n1. The van der Waals surface area contributed by atoms with Crippen molar-refractivity contribution in [3.63, 3.8) is 0 Å². The van der Waals surface area contributed by atoms with Crippen LogP contribution in [-0.4, -0.2) is 64.8 Å². The van der Waals surface area contributed by atoms with E-state index in [1.54, 1.807) is 13.3 Å².